The number of aryl methyl sites for hydroxylation is 3. The average molecular weight is 309 g/mol. The Balaban J connectivity index is 1.61. The van der Waals surface area contributed by atoms with Gasteiger partial charge in [-0.2, -0.15) is 5.10 Å². The van der Waals surface area contributed by atoms with E-state index >= 15 is 0 Å². The predicted molar refractivity (Wildman–Crippen MR) is 77.3 cm³/mol. The maximum Gasteiger partial charge on any atom is 0.256 e. The Kier molecular flexibility index (Phi) is 3.67. The molecule has 1 amide bonds. The zero-order valence-electron chi connectivity index (χ0n) is 12.1. The summed E-state index contributed by atoms with van der Waals surface area (Å²) in [5, 5.41) is 15.7. The number of aromatic nitrogens is 5. The Labute approximate surface area is 127 Å². The molecule has 3 rings (SSSR count). The number of fused-ring (bicyclic) bond motifs is 1. The fraction of sp³-hybridized carbons (Fsp3) is 0.538. The SMILES string of the molecule is Cc1nn(C)c(Cl)c1C(=O)NCCc1nnc2n1CCC2. The highest BCUT2D eigenvalue weighted by molar-refractivity contribution is 6.33. The summed E-state index contributed by atoms with van der Waals surface area (Å²) in [4.78, 5) is 12.2. The molecule has 0 bridgehead atoms. The first kappa shape index (κ1) is 14.1. The Morgan fingerprint density at radius 2 is 2.24 bits per heavy atom. The van der Waals surface area contributed by atoms with Crippen LogP contribution in [0.1, 0.15) is 34.1 Å². The van der Waals surface area contributed by atoms with E-state index in [-0.39, 0.29) is 5.91 Å². The standard InChI is InChI=1S/C13H17ClN6O/c1-8-11(12(14)19(2)18-8)13(21)15-6-5-10-17-16-9-4-3-7-20(9)10/h3-7H2,1-2H3,(H,15,21). The van der Waals surface area contributed by atoms with E-state index < -0.39 is 0 Å². The van der Waals surface area contributed by atoms with E-state index in [0.29, 0.717) is 29.4 Å². The van der Waals surface area contributed by atoms with Crippen LogP contribution in [0.4, 0.5) is 0 Å². The van der Waals surface area contributed by atoms with Crippen molar-refractivity contribution in [3.63, 3.8) is 0 Å². The molecule has 0 aliphatic carbocycles. The van der Waals surface area contributed by atoms with Crippen molar-refractivity contribution in [2.75, 3.05) is 6.54 Å². The lowest BCUT2D eigenvalue weighted by molar-refractivity contribution is 0.0953. The summed E-state index contributed by atoms with van der Waals surface area (Å²) in [6, 6.07) is 0. The van der Waals surface area contributed by atoms with E-state index in [4.69, 9.17) is 11.6 Å². The van der Waals surface area contributed by atoms with Crippen LogP contribution in [0.2, 0.25) is 5.15 Å². The fourth-order valence-electron chi connectivity index (χ4n) is 2.66. The van der Waals surface area contributed by atoms with Crippen molar-refractivity contribution < 1.29 is 4.79 Å². The van der Waals surface area contributed by atoms with Crippen LogP contribution in [-0.2, 0) is 26.4 Å². The number of hydrogen-bond acceptors (Lipinski definition) is 4. The van der Waals surface area contributed by atoms with Crippen LogP contribution in [-0.4, -0.2) is 37.0 Å². The topological polar surface area (TPSA) is 77.6 Å². The minimum absolute atomic E-state index is 0.202. The number of halogens is 1. The molecule has 7 nitrogen and oxygen atoms in total. The number of hydrogen-bond donors (Lipinski definition) is 1. The molecule has 0 atom stereocenters. The predicted octanol–water partition coefficient (Wildman–Crippen LogP) is 0.892. The third-order valence-corrected chi connectivity index (χ3v) is 4.13. The number of nitrogens with zero attached hydrogens (tertiary/aromatic N) is 5. The zero-order chi connectivity index (χ0) is 15.0. The molecule has 8 heteroatoms. The molecule has 0 unspecified atom stereocenters. The highest BCUT2D eigenvalue weighted by atomic mass is 35.5. The fourth-order valence-corrected chi connectivity index (χ4v) is 2.92. The van der Waals surface area contributed by atoms with Gasteiger partial charge in [-0.15, -0.1) is 10.2 Å². The highest BCUT2D eigenvalue weighted by Crippen LogP contribution is 2.18. The largest absolute Gasteiger partial charge is 0.351 e. The summed E-state index contributed by atoms with van der Waals surface area (Å²) in [6.07, 6.45) is 2.77. The van der Waals surface area contributed by atoms with Gasteiger partial charge < -0.3 is 9.88 Å². The molecule has 0 saturated heterocycles. The van der Waals surface area contributed by atoms with Crippen LogP contribution in [0.15, 0.2) is 0 Å². The maximum atomic E-state index is 12.2. The van der Waals surface area contributed by atoms with Gasteiger partial charge >= 0.3 is 0 Å². The summed E-state index contributed by atoms with van der Waals surface area (Å²) >= 11 is 6.08. The average Bonchev–Trinajstić information content (AvgIpc) is 3.08. The quantitative estimate of drug-likeness (QED) is 0.910. The first-order chi connectivity index (χ1) is 10.1. The third kappa shape index (κ3) is 2.53. The molecule has 1 N–H and O–H groups in total. The van der Waals surface area contributed by atoms with Crippen LogP contribution >= 0.6 is 11.6 Å². The number of rotatable bonds is 4. The van der Waals surface area contributed by atoms with E-state index in [0.717, 1.165) is 31.0 Å². The maximum absolute atomic E-state index is 12.2. The summed E-state index contributed by atoms with van der Waals surface area (Å²) in [7, 11) is 1.71. The molecule has 1 aliphatic heterocycles. The van der Waals surface area contributed by atoms with Gasteiger partial charge in [0, 0.05) is 33.0 Å². The monoisotopic (exact) mass is 308 g/mol. The molecule has 1 aliphatic rings. The lowest BCUT2D eigenvalue weighted by Gasteiger charge is -2.05. The molecular formula is C13H17ClN6O. The van der Waals surface area contributed by atoms with E-state index in [9.17, 15) is 4.79 Å². The minimum Gasteiger partial charge on any atom is -0.351 e. The van der Waals surface area contributed by atoms with Gasteiger partial charge in [-0.1, -0.05) is 11.6 Å². The first-order valence-corrected chi connectivity index (χ1v) is 7.34. The van der Waals surface area contributed by atoms with E-state index in [1.807, 2.05) is 0 Å². The molecule has 112 valence electrons. The number of nitrogens with one attached hydrogen (secondary N) is 1. The van der Waals surface area contributed by atoms with Crippen molar-refractivity contribution in [2.45, 2.75) is 32.7 Å². The minimum atomic E-state index is -0.202. The van der Waals surface area contributed by atoms with Gasteiger partial charge in [-0.25, -0.2) is 0 Å². The van der Waals surface area contributed by atoms with Crippen LogP contribution in [0, 0.1) is 6.92 Å². The summed E-state index contributed by atoms with van der Waals surface area (Å²) in [6.45, 7) is 3.24. The van der Waals surface area contributed by atoms with E-state index in [1.54, 1.807) is 14.0 Å². The molecule has 0 spiro atoms. The summed E-state index contributed by atoms with van der Waals surface area (Å²) < 4.78 is 3.63. The van der Waals surface area contributed by atoms with Crippen molar-refractivity contribution in [3.8, 4) is 0 Å². The van der Waals surface area contributed by atoms with Gasteiger partial charge in [0.25, 0.3) is 5.91 Å². The second-order valence-corrected chi connectivity index (χ2v) is 5.53. The van der Waals surface area contributed by atoms with E-state index in [1.165, 1.54) is 4.68 Å². The van der Waals surface area contributed by atoms with Gasteiger partial charge in [-0.05, 0) is 13.3 Å². The van der Waals surface area contributed by atoms with Gasteiger partial charge in [0.05, 0.1) is 11.3 Å². The smallest absolute Gasteiger partial charge is 0.256 e. The van der Waals surface area contributed by atoms with Gasteiger partial charge in [0.1, 0.15) is 16.8 Å². The van der Waals surface area contributed by atoms with Gasteiger partial charge in [0.2, 0.25) is 0 Å². The van der Waals surface area contributed by atoms with Crippen molar-refractivity contribution >= 4 is 17.5 Å². The Morgan fingerprint density at radius 3 is 2.95 bits per heavy atom. The number of amides is 1. The zero-order valence-corrected chi connectivity index (χ0v) is 12.8. The third-order valence-electron chi connectivity index (χ3n) is 3.70. The molecule has 0 aromatic carbocycles. The van der Waals surface area contributed by atoms with E-state index in [2.05, 4.69) is 25.2 Å². The molecule has 2 aromatic heterocycles. The summed E-state index contributed by atoms with van der Waals surface area (Å²) in [5.41, 5.74) is 1.06. The normalized spacial score (nSPS) is 13.5. The molecule has 2 aromatic rings. The molecule has 0 fully saturated rings. The lowest BCUT2D eigenvalue weighted by Crippen LogP contribution is -2.27. The Morgan fingerprint density at radius 1 is 1.43 bits per heavy atom. The van der Waals surface area contributed by atoms with Crippen molar-refractivity contribution in [2.24, 2.45) is 7.05 Å². The van der Waals surface area contributed by atoms with Crippen LogP contribution in [0.3, 0.4) is 0 Å². The Bertz CT molecular complexity index is 689. The lowest BCUT2D eigenvalue weighted by atomic mass is 10.2. The van der Waals surface area contributed by atoms with Crippen LogP contribution < -0.4 is 5.32 Å². The Hall–Kier alpha value is -1.89. The number of carbonyl (C=O) groups excluding carboxylic acids is 1. The molecule has 3 heterocycles. The highest BCUT2D eigenvalue weighted by Gasteiger charge is 2.20. The second-order valence-electron chi connectivity index (χ2n) is 5.17. The molecule has 0 radical (unpaired) electrons. The van der Waals surface area contributed by atoms with Crippen molar-refractivity contribution in [1.29, 1.82) is 0 Å². The van der Waals surface area contributed by atoms with Crippen LogP contribution in [0.5, 0.6) is 0 Å². The van der Waals surface area contributed by atoms with Gasteiger partial charge in [-0.3, -0.25) is 9.48 Å². The first-order valence-electron chi connectivity index (χ1n) is 6.96. The van der Waals surface area contributed by atoms with Crippen LogP contribution in [0.25, 0.3) is 0 Å². The van der Waals surface area contributed by atoms with Gasteiger partial charge in [0.15, 0.2) is 0 Å². The van der Waals surface area contributed by atoms with Crippen molar-refractivity contribution in [1.82, 2.24) is 29.9 Å². The second kappa shape index (κ2) is 5.48. The summed E-state index contributed by atoms with van der Waals surface area (Å²) in [5.74, 6) is 1.77. The molecular weight excluding hydrogens is 292 g/mol. The van der Waals surface area contributed by atoms with Crippen molar-refractivity contribution in [3.05, 3.63) is 28.1 Å². The molecule has 0 saturated carbocycles. The number of carbonyl (C=O) groups is 1. The molecule has 21 heavy (non-hydrogen) atoms.